The Morgan fingerprint density at radius 3 is 2.50 bits per heavy atom. The monoisotopic (exact) mass is 420 g/mol. The summed E-state index contributed by atoms with van der Waals surface area (Å²) in [5.41, 5.74) is 1.96. The Morgan fingerprint density at radius 1 is 1.18 bits per heavy atom. The zero-order valence-electron chi connectivity index (χ0n) is 15.6. The molecule has 1 fully saturated rings. The maximum Gasteiger partial charge on any atom is 0.341 e. The molecule has 0 saturated heterocycles. The maximum atomic E-state index is 12.5. The van der Waals surface area contributed by atoms with Gasteiger partial charge < -0.3 is 15.4 Å². The van der Waals surface area contributed by atoms with E-state index in [1.807, 2.05) is 6.92 Å². The molecule has 0 atom stereocenters. The van der Waals surface area contributed by atoms with Crippen molar-refractivity contribution in [1.82, 2.24) is 5.32 Å². The van der Waals surface area contributed by atoms with E-state index in [4.69, 9.17) is 16.3 Å². The fourth-order valence-corrected chi connectivity index (χ4v) is 3.75. The quantitative estimate of drug-likeness (QED) is 0.666. The van der Waals surface area contributed by atoms with Crippen molar-refractivity contribution >= 4 is 45.7 Å². The number of nitrogens with one attached hydrogen (secondary N) is 2. The summed E-state index contributed by atoms with van der Waals surface area (Å²) in [7, 11) is 0. The van der Waals surface area contributed by atoms with Gasteiger partial charge >= 0.3 is 5.97 Å². The lowest BCUT2D eigenvalue weighted by Crippen LogP contribution is -2.28. The van der Waals surface area contributed by atoms with E-state index in [-0.39, 0.29) is 11.8 Å². The van der Waals surface area contributed by atoms with Crippen molar-refractivity contribution in [3.05, 3.63) is 50.9 Å². The molecule has 1 aliphatic carbocycles. The smallest absolute Gasteiger partial charge is 0.341 e. The third-order valence-electron chi connectivity index (χ3n) is 4.51. The highest BCUT2D eigenvalue weighted by atomic mass is 35.5. The van der Waals surface area contributed by atoms with Crippen LogP contribution in [0.1, 0.15) is 39.2 Å². The molecule has 1 aromatic heterocycles. The molecule has 1 saturated carbocycles. The standard InChI is InChI=1S/C20H21ClN2O4S/c1-11-12(2)28-19(23-18(25)14-5-6-14)17(11)20(26)27-10-16(24)22-9-13-3-7-15(21)8-4-13/h3-4,7-8,14H,5-6,9-10H2,1-2H3,(H,22,24)(H,23,25). The third kappa shape index (κ3) is 5.11. The molecule has 1 aliphatic rings. The average molecular weight is 421 g/mol. The number of rotatable bonds is 7. The van der Waals surface area contributed by atoms with Gasteiger partial charge in [0.1, 0.15) is 5.00 Å². The lowest BCUT2D eigenvalue weighted by Gasteiger charge is -2.09. The summed E-state index contributed by atoms with van der Waals surface area (Å²) in [5, 5.41) is 6.62. The number of halogens is 1. The van der Waals surface area contributed by atoms with Gasteiger partial charge in [0.15, 0.2) is 6.61 Å². The van der Waals surface area contributed by atoms with E-state index in [9.17, 15) is 14.4 Å². The van der Waals surface area contributed by atoms with Crippen molar-refractivity contribution in [3.8, 4) is 0 Å². The van der Waals surface area contributed by atoms with Crippen LogP contribution in [0.5, 0.6) is 0 Å². The lowest BCUT2D eigenvalue weighted by atomic mass is 10.1. The van der Waals surface area contributed by atoms with Crippen molar-refractivity contribution < 1.29 is 19.1 Å². The number of carbonyl (C=O) groups is 3. The highest BCUT2D eigenvalue weighted by Crippen LogP contribution is 2.36. The molecule has 28 heavy (non-hydrogen) atoms. The number of esters is 1. The van der Waals surface area contributed by atoms with E-state index >= 15 is 0 Å². The summed E-state index contributed by atoms with van der Waals surface area (Å²) >= 11 is 7.17. The number of amides is 2. The topological polar surface area (TPSA) is 84.5 Å². The first-order valence-electron chi connectivity index (χ1n) is 8.94. The van der Waals surface area contributed by atoms with Crippen molar-refractivity contribution in [2.45, 2.75) is 33.2 Å². The van der Waals surface area contributed by atoms with Crippen LogP contribution in [0, 0.1) is 19.8 Å². The first-order chi connectivity index (χ1) is 13.3. The van der Waals surface area contributed by atoms with Crippen LogP contribution < -0.4 is 10.6 Å². The van der Waals surface area contributed by atoms with Crippen molar-refractivity contribution in [2.24, 2.45) is 5.92 Å². The summed E-state index contributed by atoms with van der Waals surface area (Å²) in [6.45, 7) is 3.60. The summed E-state index contributed by atoms with van der Waals surface area (Å²) in [6.07, 6.45) is 1.76. The van der Waals surface area contributed by atoms with E-state index in [0.717, 1.165) is 28.8 Å². The minimum Gasteiger partial charge on any atom is -0.452 e. The Hall–Kier alpha value is -2.38. The summed E-state index contributed by atoms with van der Waals surface area (Å²) in [5.74, 6) is -1.06. The van der Waals surface area contributed by atoms with Crippen LogP contribution in [0.25, 0.3) is 0 Å². The van der Waals surface area contributed by atoms with Crippen LogP contribution in [0.3, 0.4) is 0 Å². The number of hydrogen-bond donors (Lipinski definition) is 2. The second kappa shape index (κ2) is 8.75. The fourth-order valence-electron chi connectivity index (χ4n) is 2.58. The van der Waals surface area contributed by atoms with Crippen LogP contribution in [0.15, 0.2) is 24.3 Å². The molecule has 2 amide bonds. The molecule has 0 bridgehead atoms. The molecule has 2 N–H and O–H groups in total. The van der Waals surface area contributed by atoms with Crippen LogP contribution in [-0.4, -0.2) is 24.4 Å². The van der Waals surface area contributed by atoms with Gasteiger partial charge in [0.25, 0.3) is 5.91 Å². The molecular formula is C20H21ClN2O4S. The van der Waals surface area contributed by atoms with E-state index in [1.165, 1.54) is 11.3 Å². The van der Waals surface area contributed by atoms with E-state index in [1.54, 1.807) is 31.2 Å². The maximum absolute atomic E-state index is 12.5. The molecule has 0 unspecified atom stereocenters. The van der Waals surface area contributed by atoms with Crippen LogP contribution in [0.2, 0.25) is 5.02 Å². The second-order valence-electron chi connectivity index (χ2n) is 6.73. The Balaban J connectivity index is 1.55. The van der Waals surface area contributed by atoms with Gasteiger partial charge in [0.2, 0.25) is 5.91 Å². The molecule has 2 aromatic rings. The number of ether oxygens (including phenoxy) is 1. The third-order valence-corrected chi connectivity index (χ3v) is 5.89. The molecule has 0 aliphatic heterocycles. The average Bonchev–Trinajstić information content (AvgIpc) is 3.47. The van der Waals surface area contributed by atoms with Gasteiger partial charge in [0.05, 0.1) is 5.56 Å². The first-order valence-corrected chi connectivity index (χ1v) is 10.1. The highest BCUT2D eigenvalue weighted by molar-refractivity contribution is 7.16. The molecule has 3 rings (SSSR count). The van der Waals surface area contributed by atoms with Gasteiger partial charge in [-0.25, -0.2) is 4.79 Å². The SMILES string of the molecule is Cc1sc(NC(=O)C2CC2)c(C(=O)OCC(=O)NCc2ccc(Cl)cc2)c1C. The van der Waals surface area contributed by atoms with E-state index in [0.29, 0.717) is 22.1 Å². The minimum atomic E-state index is -0.616. The minimum absolute atomic E-state index is 0.0326. The summed E-state index contributed by atoms with van der Waals surface area (Å²) in [4.78, 5) is 37.5. The Labute approximate surface area is 172 Å². The molecule has 1 aromatic carbocycles. The van der Waals surface area contributed by atoms with Crippen molar-refractivity contribution in [3.63, 3.8) is 0 Å². The zero-order chi connectivity index (χ0) is 20.3. The van der Waals surface area contributed by atoms with Gasteiger partial charge in [-0.3, -0.25) is 9.59 Å². The van der Waals surface area contributed by atoms with E-state index in [2.05, 4.69) is 10.6 Å². The van der Waals surface area contributed by atoms with Crippen LogP contribution in [-0.2, 0) is 20.9 Å². The Kier molecular flexibility index (Phi) is 6.36. The second-order valence-corrected chi connectivity index (χ2v) is 8.39. The molecule has 148 valence electrons. The normalized spacial score (nSPS) is 13.1. The fraction of sp³-hybridized carbons (Fsp3) is 0.350. The number of aryl methyl sites for hydroxylation is 1. The Morgan fingerprint density at radius 2 is 1.86 bits per heavy atom. The Bertz CT molecular complexity index is 904. The number of anilines is 1. The van der Waals surface area contributed by atoms with Crippen LogP contribution >= 0.6 is 22.9 Å². The number of thiophene rings is 1. The predicted octanol–water partition coefficient (Wildman–Crippen LogP) is 3.84. The number of benzene rings is 1. The molecule has 8 heteroatoms. The van der Waals surface area contributed by atoms with Gasteiger partial charge in [-0.1, -0.05) is 23.7 Å². The van der Waals surface area contributed by atoms with Crippen LogP contribution in [0.4, 0.5) is 5.00 Å². The van der Waals surface area contributed by atoms with Gasteiger partial charge in [-0.15, -0.1) is 11.3 Å². The predicted molar refractivity (Wildman–Crippen MR) is 109 cm³/mol. The summed E-state index contributed by atoms with van der Waals surface area (Å²) in [6, 6.07) is 7.09. The molecular weight excluding hydrogens is 400 g/mol. The largest absolute Gasteiger partial charge is 0.452 e. The summed E-state index contributed by atoms with van der Waals surface area (Å²) < 4.78 is 5.17. The number of hydrogen-bond acceptors (Lipinski definition) is 5. The van der Waals surface area contributed by atoms with Gasteiger partial charge in [-0.2, -0.15) is 0 Å². The highest BCUT2D eigenvalue weighted by Gasteiger charge is 2.31. The molecule has 1 heterocycles. The molecule has 0 radical (unpaired) electrons. The number of carbonyl (C=O) groups excluding carboxylic acids is 3. The molecule has 6 nitrogen and oxygen atoms in total. The van der Waals surface area contributed by atoms with Gasteiger partial charge in [-0.05, 0) is 49.9 Å². The zero-order valence-corrected chi connectivity index (χ0v) is 17.2. The molecule has 0 spiro atoms. The van der Waals surface area contributed by atoms with E-state index < -0.39 is 18.5 Å². The lowest BCUT2D eigenvalue weighted by molar-refractivity contribution is -0.124. The first kappa shape index (κ1) is 20.4. The van der Waals surface area contributed by atoms with Gasteiger partial charge in [0, 0.05) is 22.4 Å². The van der Waals surface area contributed by atoms with Crippen molar-refractivity contribution in [1.29, 1.82) is 0 Å². The van der Waals surface area contributed by atoms with Crippen molar-refractivity contribution in [2.75, 3.05) is 11.9 Å².